The van der Waals surface area contributed by atoms with Crippen LogP contribution in [0.15, 0.2) is 39.0 Å². The summed E-state index contributed by atoms with van der Waals surface area (Å²) in [5.41, 5.74) is 1.74. The molecule has 0 spiro atoms. The number of amides is 1. The van der Waals surface area contributed by atoms with E-state index >= 15 is 0 Å². The van der Waals surface area contributed by atoms with Crippen LogP contribution in [0.25, 0.3) is 11.2 Å². The number of carbonyl (C=O) groups is 1. The Bertz CT molecular complexity index is 1190. The highest BCUT2D eigenvalue weighted by Gasteiger charge is 2.21. The van der Waals surface area contributed by atoms with Crippen LogP contribution in [0.3, 0.4) is 0 Å². The van der Waals surface area contributed by atoms with Crippen LogP contribution in [-0.2, 0) is 25.3 Å². The zero-order valence-electron chi connectivity index (χ0n) is 17.2. The van der Waals surface area contributed by atoms with E-state index in [-0.39, 0.29) is 17.7 Å². The van der Waals surface area contributed by atoms with Crippen LogP contribution >= 0.6 is 11.8 Å². The molecule has 154 valence electrons. The molecule has 9 heteroatoms. The van der Waals surface area contributed by atoms with Crippen molar-refractivity contribution < 1.29 is 4.79 Å². The van der Waals surface area contributed by atoms with Crippen molar-refractivity contribution >= 4 is 34.5 Å². The van der Waals surface area contributed by atoms with Crippen LogP contribution in [-0.4, -0.2) is 30.3 Å². The fourth-order valence-electron chi connectivity index (χ4n) is 3.24. The van der Waals surface area contributed by atoms with Crippen molar-refractivity contribution in [1.29, 1.82) is 0 Å². The summed E-state index contributed by atoms with van der Waals surface area (Å²) in [4.78, 5) is 41.9. The highest BCUT2D eigenvalue weighted by Crippen LogP contribution is 2.26. The zero-order chi connectivity index (χ0) is 21.3. The average Bonchev–Trinajstić information content (AvgIpc) is 3.09. The first-order chi connectivity index (χ1) is 13.8. The lowest BCUT2D eigenvalue weighted by Gasteiger charge is -2.13. The first-order valence-corrected chi connectivity index (χ1v) is 10.4. The quantitative estimate of drug-likeness (QED) is 0.624. The summed E-state index contributed by atoms with van der Waals surface area (Å²) in [7, 11) is 3.04. The Morgan fingerprint density at radius 1 is 1.17 bits per heavy atom. The van der Waals surface area contributed by atoms with Gasteiger partial charge in [-0.25, -0.2) is 9.78 Å². The first kappa shape index (κ1) is 20.9. The van der Waals surface area contributed by atoms with Crippen LogP contribution in [0.4, 0.5) is 5.69 Å². The van der Waals surface area contributed by atoms with Gasteiger partial charge in [0, 0.05) is 25.8 Å². The van der Waals surface area contributed by atoms with Gasteiger partial charge in [-0.1, -0.05) is 36.9 Å². The van der Waals surface area contributed by atoms with Crippen LogP contribution in [0.5, 0.6) is 0 Å². The number of hydrogen-bond acceptors (Lipinski definition) is 5. The summed E-state index contributed by atoms with van der Waals surface area (Å²) in [5.74, 6) is -0.0115. The van der Waals surface area contributed by atoms with Gasteiger partial charge in [0.05, 0.1) is 5.75 Å². The Labute approximate surface area is 172 Å². The molecule has 1 aromatic carbocycles. The van der Waals surface area contributed by atoms with Gasteiger partial charge in [-0.2, -0.15) is 0 Å². The topological polar surface area (TPSA) is 90.9 Å². The Morgan fingerprint density at radius 2 is 1.86 bits per heavy atom. The number of anilines is 1. The van der Waals surface area contributed by atoms with Gasteiger partial charge in [0.25, 0.3) is 5.56 Å². The number of carbonyl (C=O) groups excluding carboxylic acids is 1. The Balaban J connectivity index is 1.92. The first-order valence-electron chi connectivity index (χ1n) is 9.44. The monoisotopic (exact) mass is 415 g/mol. The fraction of sp³-hybridized carbons (Fsp3) is 0.400. The van der Waals surface area contributed by atoms with Crippen LogP contribution < -0.4 is 16.6 Å². The second-order valence-corrected chi connectivity index (χ2v) is 8.03. The Kier molecular flexibility index (Phi) is 5.97. The fourth-order valence-corrected chi connectivity index (χ4v) is 4.17. The number of aryl methyl sites for hydroxylation is 2. The van der Waals surface area contributed by atoms with Crippen molar-refractivity contribution in [2.75, 3.05) is 11.1 Å². The lowest BCUT2D eigenvalue weighted by Crippen LogP contribution is -2.37. The van der Waals surface area contributed by atoms with Crippen LogP contribution in [0, 0.1) is 0 Å². The molecular formula is C20H25N5O3S. The molecule has 3 rings (SSSR count). The molecule has 1 N–H and O–H groups in total. The second-order valence-electron chi connectivity index (χ2n) is 7.08. The molecule has 0 unspecified atom stereocenters. The van der Waals surface area contributed by atoms with E-state index in [1.807, 2.05) is 45.0 Å². The normalized spacial score (nSPS) is 11.4. The largest absolute Gasteiger partial charge is 0.332 e. The van der Waals surface area contributed by atoms with Crippen LogP contribution in [0.2, 0.25) is 0 Å². The van der Waals surface area contributed by atoms with Gasteiger partial charge in [0.1, 0.15) is 0 Å². The van der Waals surface area contributed by atoms with Crippen molar-refractivity contribution in [3.05, 3.63) is 50.7 Å². The number of benzene rings is 1. The Hall–Kier alpha value is -2.81. The van der Waals surface area contributed by atoms with E-state index in [9.17, 15) is 14.4 Å². The van der Waals surface area contributed by atoms with Crippen molar-refractivity contribution in [1.82, 2.24) is 18.7 Å². The molecule has 0 atom stereocenters. The minimum Gasteiger partial charge on any atom is -0.325 e. The molecule has 0 radical (unpaired) electrons. The van der Waals surface area contributed by atoms with Gasteiger partial charge in [-0.15, -0.1) is 0 Å². The predicted octanol–water partition coefficient (Wildman–Crippen LogP) is 2.31. The maximum absolute atomic E-state index is 12.7. The number of fused-ring (bicyclic) bond motifs is 1. The van der Waals surface area contributed by atoms with E-state index in [1.165, 1.54) is 23.4 Å². The molecule has 29 heavy (non-hydrogen) atoms. The molecule has 0 fully saturated rings. The molecular weight excluding hydrogens is 390 g/mol. The van der Waals surface area contributed by atoms with Gasteiger partial charge in [-0.05, 0) is 31.9 Å². The SMILES string of the molecule is CCc1ccccc1NC(=O)CSc1nc2c(c(=O)n(C)c(=O)n2C)n1C(C)C. The van der Waals surface area contributed by atoms with Gasteiger partial charge >= 0.3 is 5.69 Å². The summed E-state index contributed by atoms with van der Waals surface area (Å²) < 4.78 is 4.22. The van der Waals surface area contributed by atoms with Crippen molar-refractivity contribution in [3.63, 3.8) is 0 Å². The van der Waals surface area contributed by atoms with E-state index in [1.54, 1.807) is 11.6 Å². The van der Waals surface area contributed by atoms with Gasteiger partial charge in [0.15, 0.2) is 16.3 Å². The lowest BCUT2D eigenvalue weighted by molar-refractivity contribution is -0.113. The molecule has 2 aromatic heterocycles. The summed E-state index contributed by atoms with van der Waals surface area (Å²) in [6.45, 7) is 5.91. The lowest BCUT2D eigenvalue weighted by atomic mass is 10.1. The van der Waals surface area contributed by atoms with Crippen molar-refractivity contribution in [2.24, 2.45) is 14.1 Å². The van der Waals surface area contributed by atoms with Crippen LogP contribution in [0.1, 0.15) is 32.4 Å². The van der Waals surface area contributed by atoms with Gasteiger partial charge in [-0.3, -0.25) is 18.7 Å². The minimum atomic E-state index is -0.429. The molecule has 0 bridgehead atoms. The number of nitrogens with one attached hydrogen (secondary N) is 1. The highest BCUT2D eigenvalue weighted by molar-refractivity contribution is 7.99. The molecule has 0 aliphatic heterocycles. The molecule has 0 saturated carbocycles. The molecule has 3 aromatic rings. The summed E-state index contributed by atoms with van der Waals surface area (Å²) in [6, 6.07) is 7.63. The molecule has 0 aliphatic carbocycles. The smallest absolute Gasteiger partial charge is 0.325 e. The minimum absolute atomic E-state index is 0.0587. The van der Waals surface area contributed by atoms with Crippen molar-refractivity contribution in [3.8, 4) is 0 Å². The summed E-state index contributed by atoms with van der Waals surface area (Å²) in [6.07, 6.45) is 0.823. The number of imidazole rings is 1. The van der Waals surface area contributed by atoms with E-state index < -0.39 is 11.2 Å². The zero-order valence-corrected chi connectivity index (χ0v) is 18.0. The number of rotatable bonds is 6. The second kappa shape index (κ2) is 8.28. The standard InChI is InChI=1S/C20H25N5O3S/c1-6-13-9-7-8-10-14(13)21-15(26)11-29-19-22-17-16(25(19)12(2)3)18(27)24(5)20(28)23(17)4/h7-10,12H,6,11H2,1-5H3,(H,21,26). The molecule has 0 aliphatic rings. The predicted molar refractivity (Wildman–Crippen MR) is 116 cm³/mol. The summed E-state index contributed by atoms with van der Waals surface area (Å²) in [5, 5.41) is 3.47. The third kappa shape index (κ3) is 3.87. The number of para-hydroxylation sites is 1. The van der Waals surface area contributed by atoms with E-state index in [0.29, 0.717) is 16.3 Å². The molecule has 8 nitrogen and oxygen atoms in total. The van der Waals surface area contributed by atoms with E-state index in [0.717, 1.165) is 22.2 Å². The maximum atomic E-state index is 12.7. The maximum Gasteiger partial charge on any atom is 0.332 e. The van der Waals surface area contributed by atoms with Crippen molar-refractivity contribution in [2.45, 2.75) is 38.4 Å². The summed E-state index contributed by atoms with van der Waals surface area (Å²) >= 11 is 1.25. The molecule has 2 heterocycles. The third-order valence-electron chi connectivity index (χ3n) is 4.78. The third-order valence-corrected chi connectivity index (χ3v) is 5.73. The highest BCUT2D eigenvalue weighted by atomic mass is 32.2. The number of thioether (sulfide) groups is 1. The number of nitrogens with zero attached hydrogens (tertiary/aromatic N) is 4. The number of aromatic nitrogens is 4. The van der Waals surface area contributed by atoms with Gasteiger partial charge in [0.2, 0.25) is 5.91 Å². The van der Waals surface area contributed by atoms with E-state index in [4.69, 9.17) is 0 Å². The van der Waals surface area contributed by atoms with E-state index in [2.05, 4.69) is 10.3 Å². The number of hydrogen-bond donors (Lipinski definition) is 1. The molecule has 1 amide bonds. The average molecular weight is 416 g/mol. The Morgan fingerprint density at radius 3 is 2.52 bits per heavy atom. The molecule has 0 saturated heterocycles. The van der Waals surface area contributed by atoms with Gasteiger partial charge < -0.3 is 9.88 Å².